The number of hydrogen-bond donors (Lipinski definition) is 2. The molecular formula is C8H15N5OS. The van der Waals surface area contributed by atoms with Crippen LogP contribution in [0.4, 0.5) is 5.13 Å². The minimum absolute atomic E-state index is 0.103. The van der Waals surface area contributed by atoms with E-state index in [9.17, 15) is 4.79 Å². The molecule has 0 spiro atoms. The maximum atomic E-state index is 11.9. The number of carbonyl (C=O) groups is 1. The fraction of sp³-hybridized carbons (Fsp3) is 0.750. The van der Waals surface area contributed by atoms with Gasteiger partial charge in [0.25, 0.3) is 0 Å². The number of anilines is 1. The maximum Gasteiger partial charge on any atom is 0.233 e. The molecule has 6 nitrogen and oxygen atoms in total. The average molecular weight is 229 g/mol. The molecule has 84 valence electrons. The summed E-state index contributed by atoms with van der Waals surface area (Å²) in [4.78, 5) is 11.9. The molecule has 0 unspecified atom stereocenters. The number of nitrogens with two attached hydrogens (primary N) is 1. The van der Waals surface area contributed by atoms with Crippen LogP contribution < -0.4 is 11.1 Å². The first-order valence-corrected chi connectivity index (χ1v) is 5.62. The quantitative estimate of drug-likeness (QED) is 0.772. The van der Waals surface area contributed by atoms with E-state index in [2.05, 4.69) is 20.1 Å². The van der Waals surface area contributed by atoms with Crippen molar-refractivity contribution in [3.63, 3.8) is 0 Å². The molecule has 0 aliphatic heterocycles. The van der Waals surface area contributed by atoms with Crippen molar-refractivity contribution in [2.24, 2.45) is 11.1 Å². The molecular weight excluding hydrogens is 214 g/mol. The summed E-state index contributed by atoms with van der Waals surface area (Å²) < 4.78 is 3.57. The predicted molar refractivity (Wildman–Crippen MR) is 58.4 cm³/mol. The van der Waals surface area contributed by atoms with E-state index in [1.807, 2.05) is 13.8 Å². The molecule has 0 aliphatic carbocycles. The molecule has 1 heterocycles. The fourth-order valence-corrected chi connectivity index (χ4v) is 1.73. The van der Waals surface area contributed by atoms with Crippen molar-refractivity contribution >= 4 is 22.6 Å². The predicted octanol–water partition coefficient (Wildman–Crippen LogP) is 0.637. The Morgan fingerprint density at radius 3 is 2.60 bits per heavy atom. The lowest BCUT2D eigenvalue weighted by Gasteiger charge is -2.27. The van der Waals surface area contributed by atoms with Gasteiger partial charge in [0.2, 0.25) is 11.0 Å². The van der Waals surface area contributed by atoms with Gasteiger partial charge in [-0.05, 0) is 18.1 Å². The molecule has 3 N–H and O–H groups in total. The lowest BCUT2D eigenvalue weighted by molar-refractivity contribution is -0.125. The second-order valence-electron chi connectivity index (χ2n) is 3.31. The van der Waals surface area contributed by atoms with Crippen LogP contribution in [0.15, 0.2) is 0 Å². The van der Waals surface area contributed by atoms with E-state index in [4.69, 9.17) is 5.73 Å². The Kier molecular flexibility index (Phi) is 4.10. The van der Waals surface area contributed by atoms with E-state index in [1.54, 1.807) is 0 Å². The highest BCUT2D eigenvalue weighted by Gasteiger charge is 2.33. The second-order valence-corrected chi connectivity index (χ2v) is 4.05. The Morgan fingerprint density at radius 2 is 2.20 bits per heavy atom. The molecule has 0 aromatic carbocycles. The zero-order valence-corrected chi connectivity index (χ0v) is 9.67. The van der Waals surface area contributed by atoms with Crippen LogP contribution in [0.5, 0.6) is 0 Å². The number of rotatable bonds is 5. The van der Waals surface area contributed by atoms with Crippen molar-refractivity contribution in [1.29, 1.82) is 0 Å². The van der Waals surface area contributed by atoms with E-state index >= 15 is 0 Å². The first kappa shape index (κ1) is 12.0. The molecule has 15 heavy (non-hydrogen) atoms. The average Bonchev–Trinajstić information content (AvgIpc) is 2.74. The van der Waals surface area contributed by atoms with Crippen molar-refractivity contribution in [3.05, 3.63) is 0 Å². The number of hydrogen-bond acceptors (Lipinski definition) is 6. The summed E-state index contributed by atoms with van der Waals surface area (Å²) in [6.07, 6.45) is 1.41. The minimum atomic E-state index is -0.508. The summed E-state index contributed by atoms with van der Waals surface area (Å²) in [6, 6.07) is 0. The SMILES string of the molecule is CCC(CC)(CN)C(=O)Nc1nnns1. The lowest BCUT2D eigenvalue weighted by Crippen LogP contribution is -2.41. The van der Waals surface area contributed by atoms with E-state index in [1.165, 1.54) is 0 Å². The highest BCUT2D eigenvalue weighted by Crippen LogP contribution is 2.26. The van der Waals surface area contributed by atoms with Crippen molar-refractivity contribution in [2.75, 3.05) is 11.9 Å². The summed E-state index contributed by atoms with van der Waals surface area (Å²) in [6.45, 7) is 4.24. The molecule has 0 atom stereocenters. The molecule has 0 bridgehead atoms. The third kappa shape index (κ3) is 2.48. The Hall–Kier alpha value is -1.08. The smallest absolute Gasteiger partial charge is 0.233 e. The molecule has 1 amide bonds. The van der Waals surface area contributed by atoms with Gasteiger partial charge in [-0.3, -0.25) is 10.1 Å². The van der Waals surface area contributed by atoms with Crippen LogP contribution in [0.25, 0.3) is 0 Å². The van der Waals surface area contributed by atoms with Gasteiger partial charge in [-0.1, -0.05) is 23.4 Å². The van der Waals surface area contributed by atoms with Crippen LogP contribution in [-0.2, 0) is 4.79 Å². The summed E-state index contributed by atoms with van der Waals surface area (Å²) >= 11 is 1.05. The summed E-state index contributed by atoms with van der Waals surface area (Å²) in [7, 11) is 0. The number of carbonyl (C=O) groups excluding carboxylic acids is 1. The second kappa shape index (κ2) is 5.13. The van der Waals surface area contributed by atoms with Crippen LogP contribution >= 0.6 is 11.5 Å². The van der Waals surface area contributed by atoms with Gasteiger partial charge >= 0.3 is 0 Å². The monoisotopic (exact) mass is 229 g/mol. The van der Waals surface area contributed by atoms with E-state index in [0.717, 1.165) is 11.5 Å². The highest BCUT2D eigenvalue weighted by molar-refractivity contribution is 7.09. The Balaban J connectivity index is 2.73. The first-order chi connectivity index (χ1) is 7.18. The zero-order valence-electron chi connectivity index (χ0n) is 8.86. The molecule has 0 radical (unpaired) electrons. The van der Waals surface area contributed by atoms with Gasteiger partial charge < -0.3 is 5.73 Å². The van der Waals surface area contributed by atoms with Crippen LogP contribution in [0.2, 0.25) is 0 Å². The van der Waals surface area contributed by atoms with Crippen LogP contribution in [0, 0.1) is 5.41 Å². The normalized spacial score (nSPS) is 11.4. The molecule has 0 saturated carbocycles. The van der Waals surface area contributed by atoms with Gasteiger partial charge in [-0.15, -0.1) is 0 Å². The van der Waals surface area contributed by atoms with Crippen LogP contribution in [0.3, 0.4) is 0 Å². The summed E-state index contributed by atoms with van der Waals surface area (Å²) in [5, 5.41) is 10.2. The number of nitrogens with zero attached hydrogens (tertiary/aromatic N) is 3. The number of amides is 1. The van der Waals surface area contributed by atoms with Gasteiger partial charge in [-0.2, -0.15) is 0 Å². The Labute approximate surface area is 92.4 Å². The molecule has 0 fully saturated rings. The van der Waals surface area contributed by atoms with Gasteiger partial charge in [0.15, 0.2) is 0 Å². The number of nitrogens with one attached hydrogen (secondary N) is 1. The Bertz CT molecular complexity index is 301. The molecule has 0 saturated heterocycles. The third-order valence-electron chi connectivity index (χ3n) is 2.75. The number of aromatic nitrogens is 3. The minimum Gasteiger partial charge on any atom is -0.329 e. The van der Waals surface area contributed by atoms with Crippen molar-refractivity contribution < 1.29 is 4.79 Å². The molecule has 7 heteroatoms. The van der Waals surface area contributed by atoms with Gasteiger partial charge in [-0.25, -0.2) is 0 Å². The van der Waals surface area contributed by atoms with Crippen LogP contribution in [0.1, 0.15) is 26.7 Å². The van der Waals surface area contributed by atoms with E-state index in [0.29, 0.717) is 24.5 Å². The van der Waals surface area contributed by atoms with Gasteiger partial charge in [0, 0.05) is 18.1 Å². The molecule has 1 aromatic heterocycles. The molecule has 0 aliphatic rings. The molecule has 1 aromatic rings. The largest absolute Gasteiger partial charge is 0.329 e. The lowest BCUT2D eigenvalue weighted by atomic mass is 9.81. The topological polar surface area (TPSA) is 93.8 Å². The van der Waals surface area contributed by atoms with Crippen molar-refractivity contribution in [3.8, 4) is 0 Å². The van der Waals surface area contributed by atoms with Crippen molar-refractivity contribution in [1.82, 2.24) is 14.8 Å². The fourth-order valence-electron chi connectivity index (χ4n) is 1.36. The standard InChI is InChI=1S/C8H15N5OS/c1-3-8(4-2,5-9)6(14)10-7-11-12-13-15-7/h3-5,9H2,1-2H3,(H,10,11,13,14). The van der Waals surface area contributed by atoms with Crippen molar-refractivity contribution in [2.45, 2.75) is 26.7 Å². The summed E-state index contributed by atoms with van der Waals surface area (Å²) in [5.41, 5.74) is 5.14. The maximum absolute atomic E-state index is 11.9. The highest BCUT2D eigenvalue weighted by atomic mass is 32.1. The van der Waals surface area contributed by atoms with E-state index < -0.39 is 5.41 Å². The summed E-state index contributed by atoms with van der Waals surface area (Å²) in [5.74, 6) is -0.103. The van der Waals surface area contributed by atoms with Gasteiger partial charge in [0.1, 0.15) is 0 Å². The Morgan fingerprint density at radius 1 is 1.53 bits per heavy atom. The zero-order chi connectivity index (χ0) is 11.3. The van der Waals surface area contributed by atoms with E-state index in [-0.39, 0.29) is 5.91 Å². The molecule has 1 rings (SSSR count). The van der Waals surface area contributed by atoms with Crippen LogP contribution in [-0.4, -0.2) is 27.3 Å². The third-order valence-corrected chi connectivity index (χ3v) is 3.26. The first-order valence-electron chi connectivity index (χ1n) is 4.85. The van der Waals surface area contributed by atoms with Gasteiger partial charge in [0.05, 0.1) is 5.41 Å².